The van der Waals surface area contributed by atoms with Gasteiger partial charge < -0.3 is 4.90 Å². The lowest BCUT2D eigenvalue weighted by Gasteiger charge is -2.24. The van der Waals surface area contributed by atoms with Gasteiger partial charge in [-0.25, -0.2) is 8.93 Å². The molecule has 1 N–H and O–H groups in total. The van der Waals surface area contributed by atoms with Crippen molar-refractivity contribution in [3.8, 4) is 11.1 Å². The van der Waals surface area contributed by atoms with E-state index in [1.54, 1.807) is 0 Å². The molecular weight excluding hydrogens is 436 g/mol. The van der Waals surface area contributed by atoms with Gasteiger partial charge in [-0.05, 0) is 94.8 Å². The molecule has 0 aromatic heterocycles. The predicted molar refractivity (Wildman–Crippen MR) is 146 cm³/mol. The van der Waals surface area contributed by atoms with Gasteiger partial charge in [0.2, 0.25) is 0 Å². The van der Waals surface area contributed by atoms with Crippen molar-refractivity contribution >= 4 is 16.6 Å². The molecule has 0 radical (unpaired) electrons. The molecular formula is C30H38N2OS. The summed E-state index contributed by atoms with van der Waals surface area (Å²) in [5.41, 5.74) is 5.81. The number of likely N-dealkylation sites (tertiary alicyclic amines) is 1. The van der Waals surface area contributed by atoms with Crippen LogP contribution in [-0.2, 0) is 11.0 Å². The largest absolute Gasteiger partial charge is 0.300 e. The summed E-state index contributed by atoms with van der Waals surface area (Å²) in [6.07, 6.45) is 14.0. The van der Waals surface area contributed by atoms with Gasteiger partial charge in [-0.3, -0.25) is 0 Å². The van der Waals surface area contributed by atoms with Crippen LogP contribution in [0, 0.1) is 0 Å². The molecule has 0 bridgehead atoms. The van der Waals surface area contributed by atoms with E-state index in [2.05, 4.69) is 65.1 Å². The van der Waals surface area contributed by atoms with E-state index in [0.29, 0.717) is 6.04 Å². The van der Waals surface area contributed by atoms with Crippen LogP contribution in [0.5, 0.6) is 0 Å². The Kier molecular flexibility index (Phi) is 8.02. The van der Waals surface area contributed by atoms with Crippen molar-refractivity contribution in [3.05, 3.63) is 84.0 Å². The second-order valence-electron chi connectivity index (χ2n) is 10.5. The van der Waals surface area contributed by atoms with E-state index >= 15 is 0 Å². The first-order valence-corrected chi connectivity index (χ1v) is 13.6. The van der Waals surface area contributed by atoms with Gasteiger partial charge in [-0.15, -0.1) is 0 Å². The minimum Gasteiger partial charge on any atom is -0.300 e. The molecule has 0 saturated carbocycles. The van der Waals surface area contributed by atoms with E-state index in [4.69, 9.17) is 0 Å². The quantitative estimate of drug-likeness (QED) is 0.473. The molecule has 1 fully saturated rings. The van der Waals surface area contributed by atoms with E-state index in [1.165, 1.54) is 42.6 Å². The van der Waals surface area contributed by atoms with Crippen molar-refractivity contribution in [1.29, 1.82) is 0 Å². The molecule has 4 rings (SSSR count). The minimum absolute atomic E-state index is 0.223. The molecule has 180 valence electrons. The molecule has 3 nitrogen and oxygen atoms in total. The van der Waals surface area contributed by atoms with Gasteiger partial charge in [-0.2, -0.15) is 0 Å². The number of hydrogen-bond acceptors (Lipinski definition) is 2. The standard InChI is InChI=1S/C30H38N2OS/c1-23(32-20-7-8-21-32)22-24-10-9-11-25(15-14-24)26-16-18-27(19-17-26)28-12-5-6-13-29(28)34(33)31-30(2,3)4/h5-6,9,11-19,23,31H,7-8,10,20-22H2,1-4H3. The summed E-state index contributed by atoms with van der Waals surface area (Å²) >= 11 is 0. The van der Waals surface area contributed by atoms with Crippen LogP contribution in [0.4, 0.5) is 0 Å². The SMILES string of the molecule is CC(CC1=CC=C(c2ccc(-c3ccccc3S(=O)NC(C)(C)C)cc2)C=CC1)N1CCCC1. The van der Waals surface area contributed by atoms with E-state index in [-0.39, 0.29) is 5.54 Å². The second-order valence-corrected chi connectivity index (χ2v) is 11.7. The summed E-state index contributed by atoms with van der Waals surface area (Å²) in [5.74, 6) is 0. The van der Waals surface area contributed by atoms with Gasteiger partial charge in [0.05, 0.1) is 4.90 Å². The fraction of sp³-hybridized carbons (Fsp3) is 0.400. The van der Waals surface area contributed by atoms with Gasteiger partial charge in [0.1, 0.15) is 11.0 Å². The molecule has 34 heavy (non-hydrogen) atoms. The molecule has 2 aromatic rings. The number of nitrogens with one attached hydrogen (secondary N) is 1. The summed E-state index contributed by atoms with van der Waals surface area (Å²) in [5, 5.41) is 0. The Morgan fingerprint density at radius 3 is 2.35 bits per heavy atom. The topological polar surface area (TPSA) is 32.3 Å². The first kappa shape index (κ1) is 24.8. The Morgan fingerprint density at radius 1 is 0.971 bits per heavy atom. The van der Waals surface area contributed by atoms with E-state index in [0.717, 1.165) is 28.9 Å². The monoisotopic (exact) mass is 474 g/mol. The number of benzene rings is 2. The van der Waals surface area contributed by atoms with Crippen LogP contribution < -0.4 is 4.72 Å². The van der Waals surface area contributed by atoms with Crippen molar-refractivity contribution in [1.82, 2.24) is 9.62 Å². The maximum atomic E-state index is 13.0. The average Bonchev–Trinajstić information content (AvgIpc) is 3.26. The fourth-order valence-corrected chi connectivity index (χ4v) is 6.00. The molecule has 0 amide bonds. The first-order chi connectivity index (χ1) is 16.3. The molecule has 2 unspecified atom stereocenters. The highest BCUT2D eigenvalue weighted by molar-refractivity contribution is 7.83. The van der Waals surface area contributed by atoms with Crippen LogP contribution in [-0.4, -0.2) is 33.8 Å². The molecule has 1 heterocycles. The molecule has 1 saturated heterocycles. The Balaban J connectivity index is 1.50. The number of hydrogen-bond donors (Lipinski definition) is 1. The Hall–Kier alpha value is -2.27. The lowest BCUT2D eigenvalue weighted by Crippen LogP contribution is -2.37. The summed E-state index contributed by atoms with van der Waals surface area (Å²) in [4.78, 5) is 3.44. The van der Waals surface area contributed by atoms with Crippen LogP contribution in [0.1, 0.15) is 58.9 Å². The van der Waals surface area contributed by atoms with Gasteiger partial charge >= 0.3 is 0 Å². The summed E-state index contributed by atoms with van der Waals surface area (Å²) in [6, 6.07) is 17.2. The molecule has 1 aliphatic heterocycles. The molecule has 2 aromatic carbocycles. The van der Waals surface area contributed by atoms with Gasteiger partial charge in [0.25, 0.3) is 0 Å². The zero-order chi connectivity index (χ0) is 24.1. The lowest BCUT2D eigenvalue weighted by molar-refractivity contribution is 0.257. The third-order valence-electron chi connectivity index (χ3n) is 6.51. The highest BCUT2D eigenvalue weighted by atomic mass is 32.2. The third kappa shape index (κ3) is 6.44. The minimum atomic E-state index is -1.27. The summed E-state index contributed by atoms with van der Waals surface area (Å²) in [7, 11) is -1.27. The highest BCUT2D eigenvalue weighted by Crippen LogP contribution is 2.29. The summed E-state index contributed by atoms with van der Waals surface area (Å²) < 4.78 is 16.2. The van der Waals surface area contributed by atoms with Gasteiger partial charge in [0, 0.05) is 11.6 Å². The predicted octanol–water partition coefficient (Wildman–Crippen LogP) is 6.91. The lowest BCUT2D eigenvalue weighted by atomic mass is 10.00. The maximum Gasteiger partial charge on any atom is 0.126 e. The van der Waals surface area contributed by atoms with Crippen LogP contribution in [0.25, 0.3) is 16.7 Å². The normalized spacial score (nSPS) is 18.8. The molecule has 1 aliphatic carbocycles. The van der Waals surface area contributed by atoms with Crippen LogP contribution in [0.2, 0.25) is 0 Å². The smallest absolute Gasteiger partial charge is 0.126 e. The molecule has 2 aliphatic rings. The zero-order valence-electron chi connectivity index (χ0n) is 21.0. The van der Waals surface area contributed by atoms with E-state index in [9.17, 15) is 4.21 Å². The summed E-state index contributed by atoms with van der Waals surface area (Å²) in [6.45, 7) is 11.0. The molecule has 2 atom stereocenters. The zero-order valence-corrected chi connectivity index (χ0v) is 21.8. The first-order valence-electron chi connectivity index (χ1n) is 12.5. The van der Waals surface area contributed by atoms with Crippen molar-refractivity contribution in [2.24, 2.45) is 0 Å². The second kappa shape index (κ2) is 11.0. The Morgan fingerprint density at radius 2 is 1.65 bits per heavy atom. The molecule has 0 spiro atoms. The Bertz CT molecular complexity index is 1100. The van der Waals surface area contributed by atoms with E-state index in [1.807, 2.05) is 45.0 Å². The van der Waals surface area contributed by atoms with Crippen LogP contribution in [0.3, 0.4) is 0 Å². The third-order valence-corrected chi connectivity index (χ3v) is 8.07. The fourth-order valence-electron chi connectivity index (χ4n) is 4.75. The van der Waals surface area contributed by atoms with Crippen molar-refractivity contribution < 1.29 is 4.21 Å². The van der Waals surface area contributed by atoms with Crippen molar-refractivity contribution in [3.63, 3.8) is 0 Å². The van der Waals surface area contributed by atoms with Crippen molar-refractivity contribution in [2.75, 3.05) is 13.1 Å². The average molecular weight is 475 g/mol. The highest BCUT2D eigenvalue weighted by Gasteiger charge is 2.19. The van der Waals surface area contributed by atoms with Crippen LogP contribution in [0.15, 0.2) is 83.3 Å². The molecule has 4 heteroatoms. The van der Waals surface area contributed by atoms with Gasteiger partial charge in [-0.1, -0.05) is 72.3 Å². The maximum absolute atomic E-state index is 13.0. The Labute approximate surface area is 208 Å². The van der Waals surface area contributed by atoms with Gasteiger partial charge in [0.15, 0.2) is 0 Å². The number of allylic oxidation sites excluding steroid dienone is 5. The number of rotatable bonds is 7. The van der Waals surface area contributed by atoms with E-state index < -0.39 is 11.0 Å². The van der Waals surface area contributed by atoms with Crippen LogP contribution >= 0.6 is 0 Å². The van der Waals surface area contributed by atoms with Crippen molar-refractivity contribution in [2.45, 2.75) is 69.9 Å². The number of nitrogens with zero attached hydrogens (tertiary/aromatic N) is 1.